The van der Waals surface area contributed by atoms with E-state index in [1.54, 1.807) is 24.3 Å². The standard InChI is InChI=1S/C21H17BrClF2N3O5/c1-10(30)32-19-18-26-27-20(21(24,25)9-29)28(18)14-7-6-11(23)8-13(14)17(33-19)12-4-3-5-15(31-2)16(12)22/h3-8,17,19,29H,9H2,1-2H3/t17-,19+/m1/s1. The molecule has 1 N–H and O–H groups in total. The number of aromatic nitrogens is 3. The van der Waals surface area contributed by atoms with Crippen molar-refractivity contribution in [2.24, 2.45) is 0 Å². The highest BCUT2D eigenvalue weighted by Crippen LogP contribution is 2.45. The lowest BCUT2D eigenvalue weighted by atomic mass is 9.99. The van der Waals surface area contributed by atoms with Gasteiger partial charge in [0.1, 0.15) is 18.5 Å². The van der Waals surface area contributed by atoms with Gasteiger partial charge >= 0.3 is 11.9 Å². The monoisotopic (exact) mass is 543 g/mol. The first-order valence-corrected chi connectivity index (χ1v) is 10.7. The van der Waals surface area contributed by atoms with Crippen LogP contribution in [0.2, 0.25) is 5.02 Å². The van der Waals surface area contributed by atoms with Crippen LogP contribution >= 0.6 is 27.5 Å². The Bertz CT molecular complexity index is 1220. The first kappa shape index (κ1) is 23.6. The second-order valence-electron chi connectivity index (χ2n) is 7.10. The molecule has 33 heavy (non-hydrogen) atoms. The Morgan fingerprint density at radius 1 is 1.30 bits per heavy atom. The molecule has 174 valence electrons. The Balaban J connectivity index is 2.03. The smallest absolute Gasteiger partial charge is 0.329 e. The molecule has 2 atom stereocenters. The van der Waals surface area contributed by atoms with Gasteiger partial charge in [0.2, 0.25) is 11.6 Å². The van der Waals surface area contributed by atoms with Gasteiger partial charge in [-0.1, -0.05) is 23.7 Å². The highest BCUT2D eigenvalue weighted by molar-refractivity contribution is 9.10. The van der Waals surface area contributed by atoms with Gasteiger partial charge in [0.05, 0.1) is 17.3 Å². The molecule has 0 saturated carbocycles. The lowest BCUT2D eigenvalue weighted by Gasteiger charge is -2.23. The number of aliphatic hydroxyl groups is 1. The van der Waals surface area contributed by atoms with Crippen molar-refractivity contribution in [1.29, 1.82) is 0 Å². The summed E-state index contributed by atoms with van der Waals surface area (Å²) < 4.78 is 47.6. The molecule has 1 aliphatic heterocycles. The Morgan fingerprint density at radius 3 is 2.73 bits per heavy atom. The van der Waals surface area contributed by atoms with Crippen molar-refractivity contribution in [3.63, 3.8) is 0 Å². The van der Waals surface area contributed by atoms with E-state index in [1.807, 2.05) is 0 Å². The normalized spacial score (nSPS) is 17.7. The van der Waals surface area contributed by atoms with Gasteiger partial charge in [-0.3, -0.25) is 9.36 Å². The molecule has 0 unspecified atom stereocenters. The minimum atomic E-state index is -3.74. The number of halogens is 4. The second-order valence-corrected chi connectivity index (χ2v) is 8.33. The quantitative estimate of drug-likeness (QED) is 0.474. The molecule has 1 aliphatic rings. The number of ether oxygens (including phenoxy) is 3. The van der Waals surface area contributed by atoms with Crippen molar-refractivity contribution in [2.45, 2.75) is 25.2 Å². The van der Waals surface area contributed by atoms with Crippen molar-refractivity contribution in [3.8, 4) is 11.4 Å². The predicted octanol–water partition coefficient (Wildman–Crippen LogP) is 4.46. The largest absolute Gasteiger partial charge is 0.496 e. The Labute approximate surface area is 200 Å². The van der Waals surface area contributed by atoms with E-state index in [0.29, 0.717) is 26.4 Å². The molecule has 0 amide bonds. The van der Waals surface area contributed by atoms with Crippen LogP contribution in [0.15, 0.2) is 40.9 Å². The number of benzene rings is 2. The van der Waals surface area contributed by atoms with E-state index in [1.165, 1.54) is 19.2 Å². The number of nitrogens with zero attached hydrogens (tertiary/aromatic N) is 3. The van der Waals surface area contributed by atoms with Gasteiger partial charge in [0, 0.05) is 23.1 Å². The topological polar surface area (TPSA) is 95.7 Å². The fourth-order valence-electron chi connectivity index (χ4n) is 3.55. The number of esters is 1. The molecule has 4 rings (SSSR count). The third-order valence-electron chi connectivity index (χ3n) is 4.97. The molecule has 0 fully saturated rings. The minimum Gasteiger partial charge on any atom is -0.496 e. The molecule has 12 heteroatoms. The molecule has 2 aromatic carbocycles. The van der Waals surface area contributed by atoms with Gasteiger partial charge in [0.25, 0.3) is 6.29 Å². The van der Waals surface area contributed by atoms with Gasteiger partial charge < -0.3 is 19.3 Å². The van der Waals surface area contributed by atoms with Gasteiger partial charge in [-0.15, -0.1) is 10.2 Å². The summed E-state index contributed by atoms with van der Waals surface area (Å²) in [6, 6.07) is 9.75. The zero-order valence-corrected chi connectivity index (χ0v) is 19.6. The highest BCUT2D eigenvalue weighted by atomic mass is 79.9. The molecule has 0 saturated heterocycles. The number of methoxy groups -OCH3 is 1. The summed E-state index contributed by atoms with van der Waals surface area (Å²) in [6.07, 6.45) is -2.43. The maximum Gasteiger partial charge on any atom is 0.329 e. The number of aliphatic hydroxyl groups excluding tert-OH is 1. The molecule has 3 aromatic rings. The van der Waals surface area contributed by atoms with E-state index >= 15 is 0 Å². The fraction of sp³-hybridized carbons (Fsp3) is 0.286. The molecule has 0 spiro atoms. The summed E-state index contributed by atoms with van der Waals surface area (Å²) in [5.41, 5.74) is 1.16. The van der Waals surface area contributed by atoms with Crippen LogP contribution < -0.4 is 4.74 Å². The van der Waals surface area contributed by atoms with Gasteiger partial charge in [-0.05, 0) is 40.2 Å². The first-order valence-electron chi connectivity index (χ1n) is 9.57. The number of alkyl halides is 2. The molecule has 2 heterocycles. The maximum absolute atomic E-state index is 14.6. The molecule has 0 radical (unpaired) electrons. The Morgan fingerprint density at radius 2 is 2.06 bits per heavy atom. The zero-order valence-electron chi connectivity index (χ0n) is 17.3. The number of fused-ring (bicyclic) bond motifs is 3. The average Bonchev–Trinajstić information content (AvgIpc) is 3.18. The average molecular weight is 545 g/mol. The SMILES string of the molecule is COc1cccc([C@H]2O[C@H](OC(C)=O)c3nnc(C(F)(F)CO)n3-c3ccc(Cl)cc32)c1Br. The first-order chi connectivity index (χ1) is 15.7. The van der Waals surface area contributed by atoms with Crippen LogP contribution in [0.1, 0.15) is 42.1 Å². The zero-order chi connectivity index (χ0) is 23.9. The van der Waals surface area contributed by atoms with Crippen LogP contribution in [0.3, 0.4) is 0 Å². The van der Waals surface area contributed by atoms with Crippen LogP contribution in [0.25, 0.3) is 5.69 Å². The summed E-state index contributed by atoms with van der Waals surface area (Å²) in [6.45, 7) is -0.351. The van der Waals surface area contributed by atoms with Crippen molar-refractivity contribution >= 4 is 33.5 Å². The van der Waals surface area contributed by atoms with E-state index in [4.69, 9.17) is 25.8 Å². The fourth-order valence-corrected chi connectivity index (χ4v) is 4.37. The van der Waals surface area contributed by atoms with Crippen molar-refractivity contribution < 1.29 is 32.9 Å². The van der Waals surface area contributed by atoms with Crippen molar-refractivity contribution in [3.05, 3.63) is 68.7 Å². The number of carbonyl (C=O) groups excluding carboxylic acids is 1. The maximum atomic E-state index is 14.6. The van der Waals surface area contributed by atoms with Gasteiger partial charge in [0.15, 0.2) is 0 Å². The van der Waals surface area contributed by atoms with Gasteiger partial charge in [-0.2, -0.15) is 8.78 Å². The molecule has 8 nitrogen and oxygen atoms in total. The molecular formula is C21H17BrClF2N3O5. The van der Waals surface area contributed by atoms with E-state index in [-0.39, 0.29) is 11.5 Å². The predicted molar refractivity (Wildman–Crippen MR) is 115 cm³/mol. The number of hydrogen-bond acceptors (Lipinski definition) is 7. The molecule has 0 bridgehead atoms. The van der Waals surface area contributed by atoms with Crippen molar-refractivity contribution in [2.75, 3.05) is 13.7 Å². The number of carbonyl (C=O) groups is 1. The van der Waals surface area contributed by atoms with Crippen LogP contribution in [-0.4, -0.2) is 39.6 Å². The summed E-state index contributed by atoms with van der Waals surface area (Å²) in [7, 11) is 1.49. The number of rotatable bonds is 5. The minimum absolute atomic E-state index is 0.196. The summed E-state index contributed by atoms with van der Waals surface area (Å²) in [4.78, 5) is 11.8. The summed E-state index contributed by atoms with van der Waals surface area (Å²) in [5, 5.41) is 17.0. The Kier molecular flexibility index (Phi) is 6.41. The highest BCUT2D eigenvalue weighted by Gasteiger charge is 2.43. The lowest BCUT2D eigenvalue weighted by Crippen LogP contribution is -2.25. The van der Waals surface area contributed by atoms with Crippen LogP contribution in [0.4, 0.5) is 8.78 Å². The van der Waals surface area contributed by atoms with E-state index in [2.05, 4.69) is 26.1 Å². The molecule has 0 aliphatic carbocycles. The summed E-state index contributed by atoms with van der Waals surface area (Å²) >= 11 is 9.75. The Hall–Kier alpha value is -2.60. The van der Waals surface area contributed by atoms with Crippen molar-refractivity contribution in [1.82, 2.24) is 14.8 Å². The van der Waals surface area contributed by atoms with Crippen LogP contribution in [0.5, 0.6) is 5.75 Å². The number of hydrogen-bond donors (Lipinski definition) is 1. The third-order valence-corrected chi connectivity index (χ3v) is 6.05. The van der Waals surface area contributed by atoms with E-state index in [9.17, 15) is 18.7 Å². The van der Waals surface area contributed by atoms with E-state index < -0.39 is 36.7 Å². The lowest BCUT2D eigenvalue weighted by molar-refractivity contribution is -0.188. The third kappa shape index (κ3) is 4.21. The summed E-state index contributed by atoms with van der Waals surface area (Å²) in [5.74, 6) is -5.00. The van der Waals surface area contributed by atoms with Crippen LogP contribution in [-0.2, 0) is 20.2 Å². The molecular weight excluding hydrogens is 528 g/mol. The van der Waals surface area contributed by atoms with E-state index in [0.717, 1.165) is 11.5 Å². The molecule has 1 aromatic heterocycles. The second kappa shape index (κ2) is 8.98. The van der Waals surface area contributed by atoms with Crippen LogP contribution in [0, 0.1) is 0 Å². The van der Waals surface area contributed by atoms with Gasteiger partial charge in [-0.25, -0.2) is 0 Å².